The topological polar surface area (TPSA) is 78.9 Å². The summed E-state index contributed by atoms with van der Waals surface area (Å²) >= 11 is 0. The minimum atomic E-state index is -0.774. The molecule has 0 radical (unpaired) electrons. The van der Waals surface area contributed by atoms with Crippen LogP contribution in [0.2, 0.25) is 0 Å². The molecule has 1 atom stereocenters. The first kappa shape index (κ1) is 70.9. The normalized spacial score (nSPS) is 12.1. The number of ether oxygens (including phenoxy) is 3. The maximum atomic E-state index is 12.9. The Balaban J connectivity index is 4.10. The van der Waals surface area contributed by atoms with Gasteiger partial charge < -0.3 is 14.2 Å². The number of hydrogen-bond donors (Lipinski definition) is 0. The average Bonchev–Trinajstić information content (AvgIpc) is 3.39. The Hall–Kier alpha value is -2.11. The third-order valence-corrected chi connectivity index (χ3v) is 15.0. The number of carbonyl (C=O) groups is 3. The summed E-state index contributed by atoms with van der Waals surface area (Å²) in [7, 11) is 0. The highest BCUT2D eigenvalue weighted by atomic mass is 16.6. The minimum absolute atomic E-state index is 0.0714. The summed E-state index contributed by atoms with van der Waals surface area (Å²) in [5, 5.41) is 0. The van der Waals surface area contributed by atoms with Crippen molar-refractivity contribution in [1.29, 1.82) is 0 Å². The number of unbranched alkanes of at least 4 members (excludes halogenated alkanes) is 46. The van der Waals surface area contributed by atoms with Gasteiger partial charge in [0.15, 0.2) is 6.10 Å². The summed E-state index contributed by atoms with van der Waals surface area (Å²) in [5.41, 5.74) is 0. The molecule has 0 aliphatic carbocycles. The second-order valence-corrected chi connectivity index (χ2v) is 22.4. The molecule has 73 heavy (non-hydrogen) atoms. The molecule has 0 aliphatic rings. The zero-order valence-electron chi connectivity index (χ0n) is 49.4. The predicted molar refractivity (Wildman–Crippen MR) is 316 cm³/mol. The van der Waals surface area contributed by atoms with Crippen molar-refractivity contribution in [2.45, 2.75) is 374 Å². The van der Waals surface area contributed by atoms with Gasteiger partial charge in [-0.2, -0.15) is 0 Å². The van der Waals surface area contributed by atoms with E-state index in [1.807, 2.05) is 0 Å². The van der Waals surface area contributed by atoms with Gasteiger partial charge in [-0.05, 0) is 44.9 Å². The smallest absolute Gasteiger partial charge is 0.306 e. The highest BCUT2D eigenvalue weighted by Gasteiger charge is 2.19. The van der Waals surface area contributed by atoms with E-state index in [0.717, 1.165) is 83.5 Å². The number of hydrogen-bond acceptors (Lipinski definition) is 6. The maximum Gasteiger partial charge on any atom is 0.306 e. The van der Waals surface area contributed by atoms with E-state index < -0.39 is 6.10 Å². The molecule has 0 aromatic rings. The number of allylic oxidation sites excluding steroid dienone is 4. The Bertz CT molecular complexity index is 1180. The second-order valence-electron chi connectivity index (χ2n) is 22.4. The first-order chi connectivity index (χ1) is 36.0. The Morgan fingerprint density at radius 3 is 0.795 bits per heavy atom. The standard InChI is InChI=1S/C67H126O6/c1-4-7-10-13-16-19-22-25-27-28-29-30-31-32-33-34-35-36-37-38-39-40-41-43-45-48-51-54-57-60-66(69)72-63-64(62-71-65(68)59-56-53-50-47-44-24-21-18-15-12-9-6-3)73-67(70)61-58-55-52-49-46-42-26-23-20-17-14-11-8-5-2/h14,17,23,26,64H,4-13,15-16,18-22,24-25,27-63H2,1-3H3/b17-14-,26-23-. The van der Waals surface area contributed by atoms with Crippen LogP contribution in [0, 0.1) is 0 Å². The quantitative estimate of drug-likeness (QED) is 0.0261. The van der Waals surface area contributed by atoms with Crippen molar-refractivity contribution in [3.63, 3.8) is 0 Å². The molecule has 0 aliphatic heterocycles. The van der Waals surface area contributed by atoms with Crippen LogP contribution in [0.3, 0.4) is 0 Å². The molecule has 6 nitrogen and oxygen atoms in total. The molecule has 0 spiro atoms. The average molecular weight is 1030 g/mol. The maximum absolute atomic E-state index is 12.9. The fourth-order valence-electron chi connectivity index (χ4n) is 9.99. The zero-order chi connectivity index (χ0) is 52.9. The van der Waals surface area contributed by atoms with Gasteiger partial charge >= 0.3 is 17.9 Å². The summed E-state index contributed by atoms with van der Waals surface area (Å²) in [6, 6.07) is 0. The SMILES string of the molecule is CCCC/C=C\C/C=C\CCCCCCCC(=O)OC(COC(=O)CCCCCCCCCCCCCC)COC(=O)CCCCCCCCCCCCCCCCCCCCCCCCCCCCCCC. The monoisotopic (exact) mass is 1030 g/mol. The van der Waals surface area contributed by atoms with E-state index in [4.69, 9.17) is 14.2 Å². The lowest BCUT2D eigenvalue weighted by molar-refractivity contribution is -0.167. The van der Waals surface area contributed by atoms with Gasteiger partial charge in [0.2, 0.25) is 0 Å². The third kappa shape index (κ3) is 60.6. The molecule has 0 aromatic heterocycles. The minimum Gasteiger partial charge on any atom is -0.462 e. The largest absolute Gasteiger partial charge is 0.462 e. The van der Waals surface area contributed by atoms with Crippen molar-refractivity contribution >= 4 is 17.9 Å². The van der Waals surface area contributed by atoms with Crippen molar-refractivity contribution in [2.24, 2.45) is 0 Å². The van der Waals surface area contributed by atoms with Gasteiger partial charge in [0.05, 0.1) is 0 Å². The predicted octanol–water partition coefficient (Wildman–Crippen LogP) is 22.2. The summed E-state index contributed by atoms with van der Waals surface area (Å²) in [5.74, 6) is -0.861. The van der Waals surface area contributed by atoms with E-state index in [2.05, 4.69) is 45.1 Å². The van der Waals surface area contributed by atoms with Gasteiger partial charge in [0, 0.05) is 19.3 Å². The zero-order valence-corrected chi connectivity index (χ0v) is 49.4. The molecule has 0 saturated heterocycles. The van der Waals surface area contributed by atoms with Crippen LogP contribution < -0.4 is 0 Å². The van der Waals surface area contributed by atoms with Crippen LogP contribution in [0.4, 0.5) is 0 Å². The molecule has 0 heterocycles. The van der Waals surface area contributed by atoms with Gasteiger partial charge in [-0.1, -0.05) is 328 Å². The van der Waals surface area contributed by atoms with Crippen molar-refractivity contribution in [3.05, 3.63) is 24.3 Å². The molecule has 0 bridgehead atoms. The first-order valence-electron chi connectivity index (χ1n) is 32.8. The van der Waals surface area contributed by atoms with Crippen molar-refractivity contribution < 1.29 is 28.6 Å². The highest BCUT2D eigenvalue weighted by Crippen LogP contribution is 2.18. The Labute approximate surface area is 455 Å². The number of rotatable bonds is 61. The van der Waals surface area contributed by atoms with Crippen LogP contribution in [0.1, 0.15) is 367 Å². The van der Waals surface area contributed by atoms with E-state index in [1.54, 1.807) is 0 Å². The van der Waals surface area contributed by atoms with Crippen LogP contribution in [0.25, 0.3) is 0 Å². The van der Waals surface area contributed by atoms with E-state index in [9.17, 15) is 14.4 Å². The molecule has 1 unspecified atom stereocenters. The molecule has 0 rings (SSSR count). The van der Waals surface area contributed by atoms with Crippen LogP contribution in [-0.2, 0) is 28.6 Å². The van der Waals surface area contributed by atoms with Crippen LogP contribution in [0.15, 0.2) is 24.3 Å². The summed E-state index contributed by atoms with van der Waals surface area (Å²) < 4.78 is 16.9. The van der Waals surface area contributed by atoms with Crippen molar-refractivity contribution in [3.8, 4) is 0 Å². The highest BCUT2D eigenvalue weighted by molar-refractivity contribution is 5.71. The van der Waals surface area contributed by atoms with Gasteiger partial charge in [0.1, 0.15) is 13.2 Å². The fourth-order valence-corrected chi connectivity index (χ4v) is 9.99. The van der Waals surface area contributed by atoms with Gasteiger partial charge in [-0.25, -0.2) is 0 Å². The summed E-state index contributed by atoms with van der Waals surface area (Å²) in [6.07, 6.45) is 75.0. The lowest BCUT2D eigenvalue weighted by Gasteiger charge is -2.18. The molecule has 0 saturated carbocycles. The lowest BCUT2D eigenvalue weighted by Crippen LogP contribution is -2.30. The van der Waals surface area contributed by atoms with Gasteiger partial charge in [-0.3, -0.25) is 14.4 Å². The van der Waals surface area contributed by atoms with Gasteiger partial charge in [0.25, 0.3) is 0 Å². The van der Waals surface area contributed by atoms with E-state index >= 15 is 0 Å². The van der Waals surface area contributed by atoms with E-state index in [0.29, 0.717) is 19.3 Å². The van der Waals surface area contributed by atoms with E-state index in [-0.39, 0.29) is 31.1 Å². The number of esters is 3. The Kier molecular flexibility index (Phi) is 60.6. The Morgan fingerprint density at radius 1 is 0.274 bits per heavy atom. The molecular weight excluding hydrogens is 901 g/mol. The molecule has 0 aromatic carbocycles. The lowest BCUT2D eigenvalue weighted by atomic mass is 10.0. The molecule has 0 amide bonds. The van der Waals surface area contributed by atoms with Crippen molar-refractivity contribution in [1.82, 2.24) is 0 Å². The first-order valence-corrected chi connectivity index (χ1v) is 32.8. The van der Waals surface area contributed by atoms with Crippen LogP contribution in [0.5, 0.6) is 0 Å². The van der Waals surface area contributed by atoms with E-state index in [1.165, 1.54) is 244 Å². The molecular formula is C67H126O6. The van der Waals surface area contributed by atoms with Crippen LogP contribution >= 0.6 is 0 Å². The molecule has 6 heteroatoms. The summed E-state index contributed by atoms with van der Waals surface area (Å²) in [4.78, 5) is 38.2. The number of carbonyl (C=O) groups excluding carboxylic acids is 3. The van der Waals surface area contributed by atoms with Crippen molar-refractivity contribution in [2.75, 3.05) is 13.2 Å². The fraction of sp³-hybridized carbons (Fsp3) is 0.896. The summed E-state index contributed by atoms with van der Waals surface area (Å²) in [6.45, 7) is 6.65. The third-order valence-electron chi connectivity index (χ3n) is 15.0. The Morgan fingerprint density at radius 2 is 0.507 bits per heavy atom. The molecule has 430 valence electrons. The second kappa shape index (κ2) is 62.4. The molecule has 0 N–H and O–H groups in total. The van der Waals surface area contributed by atoms with Crippen LogP contribution in [-0.4, -0.2) is 37.2 Å². The molecule has 0 fully saturated rings. The van der Waals surface area contributed by atoms with Gasteiger partial charge in [-0.15, -0.1) is 0 Å².